The van der Waals surface area contributed by atoms with Crippen LogP contribution in [0.15, 0.2) is 11.6 Å². The van der Waals surface area contributed by atoms with Gasteiger partial charge in [0.25, 0.3) is 0 Å². The molecule has 0 spiro atoms. The van der Waals surface area contributed by atoms with E-state index in [9.17, 15) is 14.4 Å². The first-order chi connectivity index (χ1) is 13.4. The van der Waals surface area contributed by atoms with Crippen LogP contribution in [0.3, 0.4) is 0 Å². The minimum absolute atomic E-state index is 0.178. The number of unbranched alkanes of at least 4 members (excludes halogenated alkanes) is 7. The summed E-state index contributed by atoms with van der Waals surface area (Å²) in [5.74, 6) is -1.51. The van der Waals surface area contributed by atoms with Gasteiger partial charge in [0.05, 0.1) is 13.7 Å². The first-order valence-electron chi connectivity index (χ1n) is 10.5. The van der Waals surface area contributed by atoms with Crippen molar-refractivity contribution in [2.75, 3.05) is 13.7 Å². The second kappa shape index (κ2) is 17.3. The fraction of sp³-hybridized carbons (Fsp3) is 0.773. The van der Waals surface area contributed by atoms with Crippen LogP contribution in [0.4, 0.5) is 0 Å². The highest BCUT2D eigenvalue weighted by atomic mass is 16.5. The van der Waals surface area contributed by atoms with Crippen LogP contribution < -0.4 is 0 Å². The van der Waals surface area contributed by atoms with E-state index >= 15 is 0 Å². The predicted octanol–water partition coefficient (Wildman–Crippen LogP) is 4.89. The van der Waals surface area contributed by atoms with E-state index in [-0.39, 0.29) is 25.1 Å². The third-order valence-electron chi connectivity index (χ3n) is 4.50. The maximum absolute atomic E-state index is 11.4. The van der Waals surface area contributed by atoms with Crippen LogP contribution >= 0.6 is 0 Å². The lowest BCUT2D eigenvalue weighted by Gasteiger charge is -2.18. The molecule has 0 N–H and O–H groups in total. The minimum Gasteiger partial charge on any atom is -0.469 e. The molecule has 0 aromatic carbocycles. The van der Waals surface area contributed by atoms with Gasteiger partial charge in [-0.3, -0.25) is 14.4 Å². The monoisotopic (exact) mass is 398 g/mol. The van der Waals surface area contributed by atoms with Crippen molar-refractivity contribution in [1.82, 2.24) is 0 Å². The Balaban J connectivity index is 4.17. The van der Waals surface area contributed by atoms with Crippen LogP contribution in [0.2, 0.25) is 0 Å². The van der Waals surface area contributed by atoms with E-state index in [1.165, 1.54) is 52.6 Å². The van der Waals surface area contributed by atoms with Gasteiger partial charge in [-0.2, -0.15) is 0 Å². The van der Waals surface area contributed by atoms with Crippen molar-refractivity contribution < 1.29 is 28.6 Å². The molecule has 0 heterocycles. The van der Waals surface area contributed by atoms with Crippen LogP contribution in [0.25, 0.3) is 0 Å². The Labute approximate surface area is 170 Å². The van der Waals surface area contributed by atoms with Crippen LogP contribution in [0, 0.1) is 0 Å². The SMILES string of the molecule is CCCCCCCCCCC(OC(C)=O)/C(C)=C/CCOC(=O)CC(=O)OC. The normalized spacial score (nSPS) is 12.4. The molecule has 6 heteroatoms. The quantitative estimate of drug-likeness (QED) is 0.121. The molecule has 0 amide bonds. The topological polar surface area (TPSA) is 78.9 Å². The second-order valence-electron chi connectivity index (χ2n) is 7.07. The van der Waals surface area contributed by atoms with Gasteiger partial charge in [-0.05, 0) is 31.8 Å². The van der Waals surface area contributed by atoms with Crippen molar-refractivity contribution in [1.29, 1.82) is 0 Å². The van der Waals surface area contributed by atoms with Crippen LogP contribution in [-0.2, 0) is 28.6 Å². The molecule has 0 bridgehead atoms. The first-order valence-corrected chi connectivity index (χ1v) is 10.5. The molecule has 0 fully saturated rings. The van der Waals surface area contributed by atoms with Gasteiger partial charge in [0, 0.05) is 6.92 Å². The third kappa shape index (κ3) is 15.2. The number of ether oxygens (including phenoxy) is 3. The summed E-state index contributed by atoms with van der Waals surface area (Å²) >= 11 is 0. The Bertz CT molecular complexity index is 483. The zero-order chi connectivity index (χ0) is 21.2. The van der Waals surface area contributed by atoms with Crippen molar-refractivity contribution >= 4 is 17.9 Å². The van der Waals surface area contributed by atoms with Crippen LogP contribution in [0.5, 0.6) is 0 Å². The molecule has 1 atom stereocenters. The molecule has 0 aromatic rings. The van der Waals surface area contributed by atoms with Gasteiger partial charge in [0.15, 0.2) is 0 Å². The number of carbonyl (C=O) groups excluding carboxylic acids is 3. The van der Waals surface area contributed by atoms with Gasteiger partial charge >= 0.3 is 17.9 Å². The number of hydrogen-bond acceptors (Lipinski definition) is 6. The summed E-state index contributed by atoms with van der Waals surface area (Å²) in [5, 5.41) is 0. The van der Waals surface area contributed by atoms with Gasteiger partial charge in [-0.15, -0.1) is 0 Å². The van der Waals surface area contributed by atoms with Gasteiger partial charge in [-0.1, -0.05) is 57.9 Å². The van der Waals surface area contributed by atoms with Gasteiger partial charge in [0.2, 0.25) is 0 Å². The standard InChI is InChI=1S/C22H38O6/c1-5-6-7-8-9-10-11-12-15-20(28-19(3)23)18(2)14-13-16-27-22(25)17-21(24)26-4/h14,20H,5-13,15-17H2,1-4H3/b18-14+. The Hall–Kier alpha value is -1.85. The number of methoxy groups -OCH3 is 1. The van der Waals surface area contributed by atoms with E-state index in [1.54, 1.807) is 0 Å². The summed E-state index contributed by atoms with van der Waals surface area (Å²) in [6, 6.07) is 0. The molecule has 0 aliphatic carbocycles. The second-order valence-corrected chi connectivity index (χ2v) is 7.07. The molecule has 28 heavy (non-hydrogen) atoms. The van der Waals surface area contributed by atoms with Crippen molar-refractivity contribution in [2.45, 2.75) is 97.5 Å². The zero-order valence-corrected chi connectivity index (χ0v) is 18.1. The number of esters is 3. The smallest absolute Gasteiger partial charge is 0.317 e. The molecular weight excluding hydrogens is 360 g/mol. The van der Waals surface area contributed by atoms with Crippen molar-refractivity contribution in [3.63, 3.8) is 0 Å². The summed E-state index contributed by atoms with van der Waals surface area (Å²) in [4.78, 5) is 33.8. The highest BCUT2D eigenvalue weighted by molar-refractivity contribution is 5.91. The Morgan fingerprint density at radius 1 is 0.893 bits per heavy atom. The number of carbonyl (C=O) groups is 3. The summed E-state index contributed by atoms with van der Waals surface area (Å²) < 4.78 is 14.8. The summed E-state index contributed by atoms with van der Waals surface area (Å²) in [7, 11) is 1.23. The molecule has 0 radical (unpaired) electrons. The van der Waals surface area contributed by atoms with E-state index in [0.29, 0.717) is 6.42 Å². The van der Waals surface area contributed by atoms with E-state index in [1.807, 2.05) is 13.0 Å². The van der Waals surface area contributed by atoms with Gasteiger partial charge in [-0.25, -0.2) is 0 Å². The average Bonchev–Trinajstić information content (AvgIpc) is 2.65. The Kier molecular flexibility index (Phi) is 16.1. The van der Waals surface area contributed by atoms with E-state index in [0.717, 1.165) is 24.8 Å². The van der Waals surface area contributed by atoms with Gasteiger partial charge < -0.3 is 14.2 Å². The van der Waals surface area contributed by atoms with Gasteiger partial charge in [0.1, 0.15) is 12.5 Å². The molecule has 0 saturated heterocycles. The molecule has 162 valence electrons. The van der Waals surface area contributed by atoms with E-state index in [2.05, 4.69) is 11.7 Å². The Morgan fingerprint density at radius 2 is 1.50 bits per heavy atom. The highest BCUT2D eigenvalue weighted by Crippen LogP contribution is 2.17. The van der Waals surface area contributed by atoms with Crippen LogP contribution in [-0.4, -0.2) is 37.7 Å². The van der Waals surface area contributed by atoms with Crippen LogP contribution in [0.1, 0.15) is 91.4 Å². The fourth-order valence-electron chi connectivity index (χ4n) is 2.88. The maximum atomic E-state index is 11.4. The Morgan fingerprint density at radius 3 is 2.07 bits per heavy atom. The molecule has 6 nitrogen and oxygen atoms in total. The van der Waals surface area contributed by atoms with E-state index in [4.69, 9.17) is 9.47 Å². The summed E-state index contributed by atoms with van der Waals surface area (Å²) in [5.41, 5.74) is 0.960. The molecule has 1 unspecified atom stereocenters. The maximum Gasteiger partial charge on any atom is 0.317 e. The number of hydrogen-bond donors (Lipinski definition) is 0. The summed E-state index contributed by atoms with van der Waals surface area (Å²) in [6.07, 6.45) is 12.5. The highest BCUT2D eigenvalue weighted by Gasteiger charge is 2.14. The average molecular weight is 399 g/mol. The summed E-state index contributed by atoms with van der Waals surface area (Å²) in [6.45, 7) is 5.74. The van der Waals surface area contributed by atoms with E-state index < -0.39 is 11.9 Å². The predicted molar refractivity (Wildman–Crippen MR) is 109 cm³/mol. The lowest BCUT2D eigenvalue weighted by Crippen LogP contribution is -2.18. The first kappa shape index (κ1) is 26.1. The largest absolute Gasteiger partial charge is 0.469 e. The molecule has 0 aliphatic rings. The number of rotatable bonds is 16. The third-order valence-corrected chi connectivity index (χ3v) is 4.50. The molecule has 0 saturated carbocycles. The fourth-order valence-corrected chi connectivity index (χ4v) is 2.88. The lowest BCUT2D eigenvalue weighted by molar-refractivity contribution is -0.153. The molecule has 0 aliphatic heterocycles. The zero-order valence-electron chi connectivity index (χ0n) is 18.1. The molecular formula is C22H38O6. The van der Waals surface area contributed by atoms with Crippen molar-refractivity contribution in [3.05, 3.63) is 11.6 Å². The molecule has 0 rings (SSSR count). The van der Waals surface area contributed by atoms with Crippen molar-refractivity contribution in [3.8, 4) is 0 Å². The molecule has 0 aromatic heterocycles. The minimum atomic E-state index is -0.614. The van der Waals surface area contributed by atoms with Crippen molar-refractivity contribution in [2.24, 2.45) is 0 Å². The lowest BCUT2D eigenvalue weighted by atomic mass is 10.0.